The summed E-state index contributed by atoms with van der Waals surface area (Å²) >= 11 is 36.0. The monoisotopic (exact) mass is 1080 g/mol. The quantitative estimate of drug-likeness (QED) is 0.0770. The summed E-state index contributed by atoms with van der Waals surface area (Å²) < 4.78 is 28.5. The summed E-state index contributed by atoms with van der Waals surface area (Å²) in [6.45, 7) is 6.81. The molecule has 0 saturated carbocycles. The molecule has 0 aliphatic heterocycles. The van der Waals surface area contributed by atoms with Gasteiger partial charge in [-0.25, -0.2) is 19.7 Å². The first-order valence-corrected chi connectivity index (χ1v) is 23.7. The largest absolute Gasteiger partial charge is 0.493 e. The van der Waals surface area contributed by atoms with Crippen LogP contribution < -0.4 is 29.0 Å². The van der Waals surface area contributed by atoms with E-state index in [4.69, 9.17) is 93.3 Å². The van der Waals surface area contributed by atoms with Crippen molar-refractivity contribution in [2.75, 3.05) is 53.5 Å². The molecule has 372 valence electrons. The molecule has 2 amide bonds. The molecule has 0 fully saturated rings. The van der Waals surface area contributed by atoms with Crippen LogP contribution in [-0.4, -0.2) is 90.3 Å². The van der Waals surface area contributed by atoms with Crippen LogP contribution in [0.4, 0.5) is 10.5 Å². The molecule has 0 aliphatic carbocycles. The summed E-state index contributed by atoms with van der Waals surface area (Å²) in [5.41, 5.74) is 4.75. The smallest absolute Gasteiger partial charge is 0.329 e. The van der Waals surface area contributed by atoms with Gasteiger partial charge in [0.15, 0.2) is 17.2 Å². The average Bonchev–Trinajstić information content (AvgIpc) is 3.91. The van der Waals surface area contributed by atoms with Crippen molar-refractivity contribution in [1.82, 2.24) is 24.4 Å². The number of carbonyl (C=O) groups is 3. The molecule has 20 heteroatoms. The Hall–Kier alpha value is -6.26. The number of benzene rings is 4. The summed E-state index contributed by atoms with van der Waals surface area (Å²) in [6, 6.07) is 23.0. The predicted molar refractivity (Wildman–Crippen MR) is 281 cm³/mol. The highest BCUT2D eigenvalue weighted by molar-refractivity contribution is 6.40. The number of nitrogens with one attached hydrogen (secondary N) is 1. The van der Waals surface area contributed by atoms with Crippen LogP contribution in [0, 0.1) is 13.8 Å². The van der Waals surface area contributed by atoms with Crippen LogP contribution in [0.2, 0.25) is 30.3 Å². The Balaban J connectivity index is 0.000000198. The van der Waals surface area contributed by atoms with E-state index in [1.807, 2.05) is 55.5 Å². The Labute approximate surface area is 441 Å². The molecular formula is C51H48Cl6N6O8. The molecule has 0 saturated heterocycles. The van der Waals surface area contributed by atoms with Gasteiger partial charge in [-0.2, -0.15) is 0 Å². The number of aryl methyl sites for hydroxylation is 1. The third-order valence-corrected chi connectivity index (χ3v) is 12.0. The van der Waals surface area contributed by atoms with Crippen molar-refractivity contribution in [3.63, 3.8) is 0 Å². The van der Waals surface area contributed by atoms with Gasteiger partial charge in [0.05, 0.1) is 66.7 Å². The van der Waals surface area contributed by atoms with Gasteiger partial charge in [0.25, 0.3) is 5.91 Å². The van der Waals surface area contributed by atoms with Gasteiger partial charge in [0.2, 0.25) is 17.4 Å². The number of hydrogen-bond donors (Lipinski definition) is 1. The van der Waals surface area contributed by atoms with E-state index in [-0.39, 0.29) is 46.7 Å². The molecule has 0 spiro atoms. The van der Waals surface area contributed by atoms with Crippen LogP contribution >= 0.6 is 69.6 Å². The lowest BCUT2D eigenvalue weighted by Gasteiger charge is -2.22. The number of halogens is 6. The molecular weight excluding hydrogens is 1040 g/mol. The number of ether oxygens (including phenoxy) is 5. The van der Waals surface area contributed by atoms with Crippen LogP contribution in [0.25, 0.3) is 11.1 Å². The zero-order chi connectivity index (χ0) is 51.8. The summed E-state index contributed by atoms with van der Waals surface area (Å²) in [7, 11) is 5.92. The van der Waals surface area contributed by atoms with E-state index < -0.39 is 0 Å². The summed E-state index contributed by atoms with van der Waals surface area (Å²) in [4.78, 5) is 51.6. The Bertz CT molecular complexity index is 2940. The van der Waals surface area contributed by atoms with Crippen molar-refractivity contribution < 1.29 is 38.1 Å². The zero-order valence-electron chi connectivity index (χ0n) is 39.5. The van der Waals surface area contributed by atoms with Crippen molar-refractivity contribution in [2.24, 2.45) is 0 Å². The fourth-order valence-corrected chi connectivity index (χ4v) is 8.32. The highest BCUT2D eigenvalue weighted by atomic mass is 35.5. The first kappa shape index (κ1) is 55.7. The Kier molecular flexibility index (Phi) is 21.0. The van der Waals surface area contributed by atoms with Crippen molar-refractivity contribution >= 4 is 93.0 Å². The number of aromatic nitrogens is 4. The second-order valence-electron chi connectivity index (χ2n) is 14.9. The lowest BCUT2D eigenvalue weighted by Crippen LogP contribution is -2.37. The standard InChI is InChI=1S/C18H12Cl2N2O.C18H20ClNO5.C15H16Cl3N3O2/c19-13-9-7-12(8-10-13)14-4-1-2-6-16(14)22-18(23)15-5-3-11-21-17(15)20;1-9-7-12(22-3)16(23-4)17(24-5)13(9)15(21)14-10(2)11(19)8-20-18(14)25-6;1-2-4-20(15(22)21-5-3-19-10-21)6-7-23-14-12(17)8-11(16)9-13(14)18/h1-11H,(H,22,23);7-8H,1-6H3;3,5,8-10H,2,4,6-7H2,1H3. The van der Waals surface area contributed by atoms with Crippen LogP contribution in [0.5, 0.6) is 28.9 Å². The average molecular weight is 1090 g/mol. The van der Waals surface area contributed by atoms with Gasteiger partial charge in [-0.05, 0) is 85.5 Å². The van der Waals surface area contributed by atoms with E-state index in [1.165, 1.54) is 45.5 Å². The first-order valence-electron chi connectivity index (χ1n) is 21.4. The van der Waals surface area contributed by atoms with E-state index in [9.17, 15) is 14.4 Å². The zero-order valence-corrected chi connectivity index (χ0v) is 44.0. The molecule has 14 nitrogen and oxygen atoms in total. The van der Waals surface area contributed by atoms with E-state index in [2.05, 4.69) is 20.3 Å². The number of hydrogen-bond acceptors (Lipinski definition) is 11. The maximum atomic E-state index is 13.3. The fraction of sp³-hybridized carbons (Fsp3) is 0.216. The topological polar surface area (TPSA) is 156 Å². The van der Waals surface area contributed by atoms with Gasteiger partial charge < -0.3 is 33.9 Å². The van der Waals surface area contributed by atoms with E-state index >= 15 is 0 Å². The van der Waals surface area contributed by atoms with Crippen LogP contribution in [0.15, 0.2) is 110 Å². The van der Waals surface area contributed by atoms with Gasteiger partial charge in [-0.15, -0.1) is 0 Å². The lowest BCUT2D eigenvalue weighted by atomic mass is 9.95. The molecule has 0 bridgehead atoms. The molecule has 0 radical (unpaired) electrons. The Morgan fingerprint density at radius 1 is 0.704 bits per heavy atom. The molecule has 3 heterocycles. The number of methoxy groups -OCH3 is 4. The van der Waals surface area contributed by atoms with Crippen molar-refractivity contribution in [3.8, 4) is 40.0 Å². The lowest BCUT2D eigenvalue weighted by molar-refractivity contribution is 0.102. The maximum Gasteiger partial charge on any atom is 0.329 e. The molecule has 3 aromatic heterocycles. The van der Waals surface area contributed by atoms with Gasteiger partial charge in [-0.3, -0.25) is 14.2 Å². The number of para-hydroxylation sites is 1. The minimum absolute atomic E-state index is 0.152. The molecule has 0 unspecified atom stereocenters. The van der Waals surface area contributed by atoms with E-state index in [0.29, 0.717) is 83.4 Å². The van der Waals surface area contributed by atoms with Crippen molar-refractivity contribution in [3.05, 3.63) is 168 Å². The molecule has 0 aliphatic rings. The Morgan fingerprint density at radius 2 is 1.39 bits per heavy atom. The normalized spacial score (nSPS) is 10.4. The SMILES string of the molecule is CCCN(CCOc1c(Cl)cc(Cl)cc1Cl)C(=O)n1ccnc1.COc1cc(C)c(C(=O)c2c(OC)ncc(Cl)c2C)c(OC)c1OC.O=C(Nc1ccccc1-c1ccc(Cl)cc1)c1cccnc1Cl. The second kappa shape index (κ2) is 26.8. The number of ketones is 1. The highest BCUT2D eigenvalue weighted by Crippen LogP contribution is 2.44. The number of nitrogens with zero attached hydrogens (tertiary/aromatic N) is 5. The number of imidazole rings is 1. The minimum Gasteiger partial charge on any atom is -0.493 e. The number of rotatable bonds is 15. The Morgan fingerprint density at radius 3 is 2.00 bits per heavy atom. The number of pyridine rings is 2. The fourth-order valence-electron chi connectivity index (χ4n) is 6.92. The van der Waals surface area contributed by atoms with Crippen molar-refractivity contribution in [2.45, 2.75) is 27.2 Å². The van der Waals surface area contributed by atoms with Gasteiger partial charge >= 0.3 is 6.03 Å². The molecule has 1 N–H and O–H groups in total. The van der Waals surface area contributed by atoms with E-state index in [0.717, 1.165) is 17.5 Å². The predicted octanol–water partition coefficient (Wildman–Crippen LogP) is 13.5. The number of anilines is 1. The summed E-state index contributed by atoms with van der Waals surface area (Å²) in [5.74, 6) is 1.04. The minimum atomic E-state index is -0.320. The van der Waals surface area contributed by atoms with Crippen LogP contribution in [-0.2, 0) is 0 Å². The second-order valence-corrected chi connectivity index (χ2v) is 17.4. The molecule has 71 heavy (non-hydrogen) atoms. The summed E-state index contributed by atoms with van der Waals surface area (Å²) in [5, 5.41) is 5.22. The van der Waals surface area contributed by atoms with Gasteiger partial charge in [-0.1, -0.05) is 107 Å². The number of carbonyl (C=O) groups excluding carboxylic acids is 3. The number of amides is 2. The third kappa shape index (κ3) is 14.2. The molecule has 7 rings (SSSR count). The highest BCUT2D eigenvalue weighted by Gasteiger charge is 2.29. The summed E-state index contributed by atoms with van der Waals surface area (Å²) in [6.07, 6.45) is 8.47. The molecule has 0 atom stereocenters. The van der Waals surface area contributed by atoms with E-state index in [1.54, 1.807) is 67.7 Å². The molecule has 4 aromatic carbocycles. The van der Waals surface area contributed by atoms with Gasteiger partial charge in [0, 0.05) is 52.6 Å². The first-order chi connectivity index (χ1) is 34.1. The van der Waals surface area contributed by atoms with Crippen LogP contribution in [0.3, 0.4) is 0 Å². The maximum absolute atomic E-state index is 13.3. The molecule has 7 aromatic rings. The third-order valence-electron chi connectivity index (χ3n) is 10.3. The van der Waals surface area contributed by atoms with Crippen molar-refractivity contribution in [1.29, 1.82) is 0 Å². The van der Waals surface area contributed by atoms with Gasteiger partial charge in [0.1, 0.15) is 18.1 Å². The van der Waals surface area contributed by atoms with Crippen LogP contribution in [0.1, 0.15) is 50.8 Å².